The predicted octanol–water partition coefficient (Wildman–Crippen LogP) is 5.88. The van der Waals surface area contributed by atoms with Crippen molar-refractivity contribution in [3.05, 3.63) is 60.2 Å². The van der Waals surface area contributed by atoms with E-state index in [2.05, 4.69) is 10.2 Å². The summed E-state index contributed by atoms with van der Waals surface area (Å²) in [5.41, 5.74) is 6.45. The summed E-state index contributed by atoms with van der Waals surface area (Å²) in [6, 6.07) is 14.4. The number of hydrogen-bond acceptors (Lipinski definition) is 4. The van der Waals surface area contributed by atoms with Gasteiger partial charge in [-0.3, -0.25) is 4.90 Å². The zero-order valence-electron chi connectivity index (χ0n) is 19.8. The summed E-state index contributed by atoms with van der Waals surface area (Å²) >= 11 is 0. The standard InChI is InChI=1S/C26H30F3N5O/c1-33(2)23-15-24(32-21-9-5-3-7-19(21)23)31-18-13-11-17(12-14-18)16-34(25(30)35)22-10-6-4-8-20(22)26(27,28)29/h3-10,15,17-18H,11-14,16H2,1-2H3,(H2,30,35)(H,31,32)/t17-,18+. The monoisotopic (exact) mass is 485 g/mol. The molecule has 1 fully saturated rings. The molecule has 0 spiro atoms. The summed E-state index contributed by atoms with van der Waals surface area (Å²) in [6.07, 6.45) is -1.38. The average molecular weight is 486 g/mol. The van der Waals surface area contributed by atoms with Crippen molar-refractivity contribution in [1.29, 1.82) is 0 Å². The molecule has 0 saturated heterocycles. The highest BCUT2D eigenvalue weighted by Crippen LogP contribution is 2.38. The summed E-state index contributed by atoms with van der Waals surface area (Å²) < 4.78 is 40.5. The minimum Gasteiger partial charge on any atom is -0.377 e. The van der Waals surface area contributed by atoms with Crippen LogP contribution < -0.4 is 20.9 Å². The van der Waals surface area contributed by atoms with E-state index in [0.29, 0.717) is 0 Å². The van der Waals surface area contributed by atoms with Crippen LogP contribution in [0.4, 0.5) is 35.2 Å². The van der Waals surface area contributed by atoms with Gasteiger partial charge in [0.15, 0.2) is 0 Å². The van der Waals surface area contributed by atoms with Crippen molar-refractivity contribution < 1.29 is 18.0 Å². The SMILES string of the molecule is CN(C)c1cc(N[C@H]2CC[C@@H](CN(C(N)=O)c3ccccc3C(F)(F)F)CC2)nc2ccccc12. The molecule has 2 amide bonds. The number of fused-ring (bicyclic) bond motifs is 1. The quantitative estimate of drug-likeness (QED) is 0.458. The number of urea groups is 1. The topological polar surface area (TPSA) is 74.5 Å². The molecule has 0 aliphatic heterocycles. The van der Waals surface area contributed by atoms with Crippen LogP contribution in [0.3, 0.4) is 0 Å². The summed E-state index contributed by atoms with van der Waals surface area (Å²) in [5, 5.41) is 4.61. The molecule has 0 bridgehead atoms. The molecule has 0 radical (unpaired) electrons. The molecule has 6 nitrogen and oxygen atoms in total. The van der Waals surface area contributed by atoms with Crippen molar-refractivity contribution in [2.75, 3.05) is 35.8 Å². The number of carbonyl (C=O) groups is 1. The van der Waals surface area contributed by atoms with E-state index in [9.17, 15) is 18.0 Å². The van der Waals surface area contributed by atoms with Crippen LogP contribution >= 0.6 is 0 Å². The summed E-state index contributed by atoms with van der Waals surface area (Å²) in [5.74, 6) is 0.859. The van der Waals surface area contributed by atoms with Crippen molar-refractivity contribution in [3.8, 4) is 0 Å². The normalized spacial score (nSPS) is 18.3. The molecule has 35 heavy (non-hydrogen) atoms. The van der Waals surface area contributed by atoms with E-state index in [1.54, 1.807) is 0 Å². The molecule has 1 aromatic heterocycles. The molecule has 1 heterocycles. The number of anilines is 3. The van der Waals surface area contributed by atoms with E-state index in [1.165, 1.54) is 18.2 Å². The molecular weight excluding hydrogens is 455 g/mol. The molecule has 3 aromatic rings. The predicted molar refractivity (Wildman–Crippen MR) is 134 cm³/mol. The van der Waals surface area contributed by atoms with E-state index in [1.807, 2.05) is 44.4 Å². The molecule has 1 aliphatic rings. The van der Waals surface area contributed by atoms with E-state index in [0.717, 1.165) is 59.1 Å². The third-order valence-electron chi connectivity index (χ3n) is 6.58. The van der Waals surface area contributed by atoms with Crippen LogP contribution in [-0.4, -0.2) is 37.7 Å². The Kier molecular flexibility index (Phi) is 7.05. The first-order chi connectivity index (χ1) is 16.6. The number of nitrogens with zero attached hydrogens (tertiary/aromatic N) is 3. The zero-order valence-corrected chi connectivity index (χ0v) is 19.8. The van der Waals surface area contributed by atoms with E-state index >= 15 is 0 Å². The first-order valence-corrected chi connectivity index (χ1v) is 11.7. The highest BCUT2D eigenvalue weighted by atomic mass is 19.4. The number of para-hydroxylation sites is 2. The van der Waals surface area contributed by atoms with Crippen LogP contribution in [-0.2, 0) is 6.18 Å². The second-order valence-corrected chi connectivity index (χ2v) is 9.26. The highest BCUT2D eigenvalue weighted by molar-refractivity contribution is 5.93. The maximum atomic E-state index is 13.5. The fraction of sp³-hybridized carbons (Fsp3) is 0.385. The van der Waals surface area contributed by atoms with Crippen LogP contribution in [0, 0.1) is 5.92 Å². The number of carbonyl (C=O) groups excluding carboxylic acids is 1. The number of rotatable bonds is 6. The Bertz CT molecular complexity index is 1190. The molecule has 4 rings (SSSR count). The molecule has 3 N–H and O–H groups in total. The Morgan fingerprint density at radius 2 is 1.69 bits per heavy atom. The van der Waals surface area contributed by atoms with Crippen molar-refractivity contribution in [3.63, 3.8) is 0 Å². The van der Waals surface area contributed by atoms with Gasteiger partial charge in [0.1, 0.15) is 5.82 Å². The number of pyridine rings is 1. The first-order valence-electron chi connectivity index (χ1n) is 11.7. The van der Waals surface area contributed by atoms with Crippen molar-refractivity contribution >= 4 is 34.1 Å². The molecule has 9 heteroatoms. The second kappa shape index (κ2) is 10.0. The van der Waals surface area contributed by atoms with Crippen LogP contribution in [0.15, 0.2) is 54.6 Å². The number of primary amides is 1. The van der Waals surface area contributed by atoms with Gasteiger partial charge in [0, 0.05) is 43.8 Å². The van der Waals surface area contributed by atoms with E-state index in [4.69, 9.17) is 10.7 Å². The maximum Gasteiger partial charge on any atom is 0.418 e. The smallest absolute Gasteiger partial charge is 0.377 e. The summed E-state index contributed by atoms with van der Waals surface area (Å²) in [6.45, 7) is 0.161. The number of nitrogens with two attached hydrogens (primary N) is 1. The van der Waals surface area contributed by atoms with Gasteiger partial charge in [-0.05, 0) is 49.8 Å². The van der Waals surface area contributed by atoms with Gasteiger partial charge in [0.25, 0.3) is 0 Å². The lowest BCUT2D eigenvalue weighted by molar-refractivity contribution is -0.137. The second-order valence-electron chi connectivity index (χ2n) is 9.26. The fourth-order valence-electron chi connectivity index (χ4n) is 4.81. The molecular formula is C26H30F3N5O. The van der Waals surface area contributed by atoms with Crippen LogP contribution in [0.2, 0.25) is 0 Å². The van der Waals surface area contributed by atoms with Gasteiger partial charge in [-0.25, -0.2) is 9.78 Å². The van der Waals surface area contributed by atoms with Gasteiger partial charge in [-0.15, -0.1) is 0 Å². The zero-order chi connectivity index (χ0) is 25.2. The summed E-state index contributed by atoms with van der Waals surface area (Å²) in [7, 11) is 4.00. The molecule has 2 aromatic carbocycles. The minimum atomic E-state index is -4.57. The van der Waals surface area contributed by atoms with Gasteiger partial charge >= 0.3 is 12.2 Å². The number of benzene rings is 2. The lowest BCUT2D eigenvalue weighted by atomic mass is 9.85. The largest absolute Gasteiger partial charge is 0.418 e. The van der Waals surface area contributed by atoms with E-state index < -0.39 is 17.8 Å². The van der Waals surface area contributed by atoms with Gasteiger partial charge in [0.05, 0.1) is 16.8 Å². The lowest BCUT2D eigenvalue weighted by Crippen LogP contribution is -2.42. The third kappa shape index (κ3) is 5.61. The Labute approximate surface area is 202 Å². The van der Waals surface area contributed by atoms with Crippen molar-refractivity contribution in [2.45, 2.75) is 37.9 Å². The Morgan fingerprint density at radius 3 is 2.34 bits per heavy atom. The molecule has 0 unspecified atom stereocenters. The third-order valence-corrected chi connectivity index (χ3v) is 6.58. The Balaban J connectivity index is 1.43. The van der Waals surface area contributed by atoms with Crippen LogP contribution in [0.5, 0.6) is 0 Å². The average Bonchev–Trinajstić information content (AvgIpc) is 2.82. The maximum absolute atomic E-state index is 13.5. The highest BCUT2D eigenvalue weighted by Gasteiger charge is 2.36. The number of hydrogen-bond donors (Lipinski definition) is 2. The van der Waals surface area contributed by atoms with E-state index in [-0.39, 0.29) is 24.2 Å². The number of alkyl halides is 3. The van der Waals surface area contributed by atoms with Gasteiger partial charge in [-0.2, -0.15) is 13.2 Å². The first kappa shape index (κ1) is 24.6. The van der Waals surface area contributed by atoms with Gasteiger partial charge in [0.2, 0.25) is 0 Å². The molecule has 186 valence electrons. The van der Waals surface area contributed by atoms with Gasteiger partial charge in [-0.1, -0.05) is 30.3 Å². The number of amides is 2. The molecule has 0 atom stereocenters. The van der Waals surface area contributed by atoms with Crippen LogP contribution in [0.25, 0.3) is 10.9 Å². The number of halogens is 3. The van der Waals surface area contributed by atoms with Gasteiger partial charge < -0.3 is 16.0 Å². The Hall–Kier alpha value is -3.49. The molecule has 1 aliphatic carbocycles. The number of nitrogens with one attached hydrogen (secondary N) is 1. The van der Waals surface area contributed by atoms with Crippen LogP contribution in [0.1, 0.15) is 31.2 Å². The van der Waals surface area contributed by atoms with Crippen molar-refractivity contribution in [2.24, 2.45) is 11.7 Å². The summed E-state index contributed by atoms with van der Waals surface area (Å²) in [4.78, 5) is 20.0. The lowest BCUT2D eigenvalue weighted by Gasteiger charge is -2.33. The fourth-order valence-corrected chi connectivity index (χ4v) is 4.81. The molecule has 1 saturated carbocycles. The number of aromatic nitrogens is 1. The Morgan fingerprint density at radius 1 is 1.03 bits per heavy atom. The minimum absolute atomic E-state index is 0.0590. The van der Waals surface area contributed by atoms with Crippen molar-refractivity contribution in [1.82, 2.24) is 4.98 Å².